The number of pyridine rings is 2. The number of hydrogen-bond donors (Lipinski definition) is 1. The van der Waals surface area contributed by atoms with Crippen molar-refractivity contribution in [1.82, 2.24) is 15.3 Å². The Morgan fingerprint density at radius 1 is 1.04 bits per heavy atom. The predicted molar refractivity (Wildman–Crippen MR) is 93.2 cm³/mol. The fourth-order valence-corrected chi connectivity index (χ4v) is 2.62. The van der Waals surface area contributed by atoms with Crippen LogP contribution in [0.2, 0.25) is 0 Å². The summed E-state index contributed by atoms with van der Waals surface area (Å²) in [5.41, 5.74) is 2.50. The molecule has 1 N–H and O–H groups in total. The molecular weight excluding hydrogens is 317 g/mol. The van der Waals surface area contributed by atoms with Crippen molar-refractivity contribution >= 4 is 5.91 Å². The number of hydrogen-bond acceptors (Lipinski definition) is 3. The van der Waals surface area contributed by atoms with Gasteiger partial charge in [0.2, 0.25) is 5.91 Å². The second kappa shape index (κ2) is 8.15. The zero-order valence-electron chi connectivity index (χ0n) is 13.6. The molecule has 1 atom stereocenters. The molecule has 25 heavy (non-hydrogen) atoms. The van der Waals surface area contributed by atoms with Crippen LogP contribution in [-0.2, 0) is 17.8 Å². The van der Waals surface area contributed by atoms with Crippen LogP contribution < -0.4 is 5.32 Å². The number of amides is 1. The summed E-state index contributed by atoms with van der Waals surface area (Å²) in [4.78, 5) is 21.1. The number of nitrogens with one attached hydrogen (secondary N) is 1. The summed E-state index contributed by atoms with van der Waals surface area (Å²) < 4.78 is 13.2. The number of nitrogens with zero attached hydrogens (tertiary/aromatic N) is 2. The lowest BCUT2D eigenvalue weighted by molar-refractivity contribution is -0.122. The highest BCUT2D eigenvalue weighted by Crippen LogP contribution is 2.21. The molecule has 3 aromatic rings. The van der Waals surface area contributed by atoms with E-state index < -0.39 is 5.92 Å². The van der Waals surface area contributed by atoms with Crippen molar-refractivity contribution in [3.05, 3.63) is 95.8 Å². The van der Waals surface area contributed by atoms with Crippen LogP contribution in [0.4, 0.5) is 4.39 Å². The number of carbonyl (C=O) groups excluding carboxylic acids is 1. The van der Waals surface area contributed by atoms with Crippen LogP contribution in [0.25, 0.3) is 0 Å². The van der Waals surface area contributed by atoms with Gasteiger partial charge in [-0.2, -0.15) is 0 Å². The summed E-state index contributed by atoms with van der Waals surface area (Å²) >= 11 is 0. The van der Waals surface area contributed by atoms with Gasteiger partial charge in [0.05, 0.1) is 18.2 Å². The Balaban J connectivity index is 1.77. The molecule has 0 aliphatic carbocycles. The Kier molecular flexibility index (Phi) is 5.46. The second-order valence-corrected chi connectivity index (χ2v) is 5.71. The van der Waals surface area contributed by atoms with E-state index in [1.54, 1.807) is 30.7 Å². The first kappa shape index (κ1) is 16.8. The van der Waals surface area contributed by atoms with Crippen LogP contribution in [-0.4, -0.2) is 15.9 Å². The molecule has 0 bridgehead atoms. The highest BCUT2D eigenvalue weighted by molar-refractivity contribution is 5.83. The lowest BCUT2D eigenvalue weighted by Gasteiger charge is -2.17. The van der Waals surface area contributed by atoms with Crippen LogP contribution in [0.1, 0.15) is 22.7 Å². The molecule has 0 spiro atoms. The van der Waals surface area contributed by atoms with Crippen LogP contribution in [0.5, 0.6) is 0 Å². The smallest absolute Gasteiger partial charge is 0.228 e. The van der Waals surface area contributed by atoms with Gasteiger partial charge in [-0.25, -0.2) is 4.39 Å². The minimum absolute atomic E-state index is 0.124. The zero-order valence-corrected chi connectivity index (χ0v) is 13.6. The fourth-order valence-electron chi connectivity index (χ4n) is 2.62. The number of aromatic nitrogens is 2. The van der Waals surface area contributed by atoms with Gasteiger partial charge >= 0.3 is 0 Å². The minimum Gasteiger partial charge on any atom is -0.350 e. The van der Waals surface area contributed by atoms with Crippen molar-refractivity contribution in [3.8, 4) is 0 Å². The summed E-state index contributed by atoms with van der Waals surface area (Å²) in [6.45, 7) is 0.352. The van der Waals surface area contributed by atoms with Gasteiger partial charge in [0.1, 0.15) is 5.82 Å². The molecule has 3 rings (SSSR count). The molecule has 1 amide bonds. The normalized spacial score (nSPS) is 11.7. The average Bonchev–Trinajstić information content (AvgIpc) is 2.67. The average molecular weight is 335 g/mol. The molecule has 1 unspecified atom stereocenters. The maximum atomic E-state index is 13.2. The molecule has 0 fully saturated rings. The van der Waals surface area contributed by atoms with Gasteiger partial charge in [0.15, 0.2) is 0 Å². The minimum atomic E-state index is -0.423. The van der Waals surface area contributed by atoms with Crippen LogP contribution >= 0.6 is 0 Å². The summed E-state index contributed by atoms with van der Waals surface area (Å²) in [5, 5.41) is 2.92. The third-order valence-corrected chi connectivity index (χ3v) is 3.92. The van der Waals surface area contributed by atoms with Gasteiger partial charge in [-0.15, -0.1) is 0 Å². The quantitative estimate of drug-likeness (QED) is 0.752. The molecule has 126 valence electrons. The summed E-state index contributed by atoms with van der Waals surface area (Å²) in [7, 11) is 0. The van der Waals surface area contributed by atoms with Gasteiger partial charge < -0.3 is 5.32 Å². The first-order chi connectivity index (χ1) is 12.2. The predicted octanol–water partition coefficient (Wildman–Crippen LogP) is 3.26. The van der Waals surface area contributed by atoms with Gasteiger partial charge in [0, 0.05) is 18.6 Å². The third-order valence-electron chi connectivity index (χ3n) is 3.92. The lowest BCUT2D eigenvalue weighted by atomic mass is 9.91. The largest absolute Gasteiger partial charge is 0.350 e. The third kappa shape index (κ3) is 4.70. The van der Waals surface area contributed by atoms with Crippen molar-refractivity contribution in [3.63, 3.8) is 0 Å². The molecule has 5 heteroatoms. The number of benzene rings is 1. The first-order valence-electron chi connectivity index (χ1n) is 8.04. The second-order valence-electron chi connectivity index (χ2n) is 5.71. The summed E-state index contributed by atoms with van der Waals surface area (Å²) in [6, 6.07) is 15.4. The van der Waals surface area contributed by atoms with E-state index in [1.165, 1.54) is 12.1 Å². The Labute approximate surface area is 145 Å². The molecule has 1 aromatic carbocycles. The lowest BCUT2D eigenvalue weighted by Crippen LogP contribution is -2.30. The van der Waals surface area contributed by atoms with E-state index >= 15 is 0 Å². The Hall–Kier alpha value is -3.08. The summed E-state index contributed by atoms with van der Waals surface area (Å²) in [5.74, 6) is -0.868. The maximum Gasteiger partial charge on any atom is 0.228 e. The molecular formula is C20H18FN3O. The monoisotopic (exact) mass is 335 g/mol. The highest BCUT2D eigenvalue weighted by Gasteiger charge is 2.21. The maximum absolute atomic E-state index is 13.2. The molecule has 2 heterocycles. The highest BCUT2D eigenvalue weighted by atomic mass is 19.1. The standard InChI is InChI=1S/C20H18FN3O/c21-17-8-6-16(7-9-17)19(12-15-4-3-10-22-13-15)20(25)24-14-18-5-1-2-11-23-18/h1-11,13,19H,12,14H2,(H,24,25). The van der Waals surface area contributed by atoms with Crippen LogP contribution in [0.15, 0.2) is 73.2 Å². The molecule has 2 aromatic heterocycles. The Morgan fingerprint density at radius 3 is 2.56 bits per heavy atom. The van der Waals surface area contributed by atoms with Crippen LogP contribution in [0, 0.1) is 5.82 Å². The molecule has 4 nitrogen and oxygen atoms in total. The van der Waals surface area contributed by atoms with E-state index in [0.717, 1.165) is 16.8 Å². The Morgan fingerprint density at radius 2 is 1.88 bits per heavy atom. The fraction of sp³-hybridized carbons (Fsp3) is 0.150. The van der Waals surface area contributed by atoms with E-state index in [9.17, 15) is 9.18 Å². The van der Waals surface area contributed by atoms with Crippen LogP contribution in [0.3, 0.4) is 0 Å². The number of rotatable bonds is 6. The summed E-state index contributed by atoms with van der Waals surface area (Å²) in [6.07, 6.45) is 5.61. The molecule has 0 saturated heterocycles. The van der Waals surface area contributed by atoms with Crippen molar-refractivity contribution in [2.75, 3.05) is 0 Å². The zero-order chi connectivity index (χ0) is 17.5. The first-order valence-corrected chi connectivity index (χ1v) is 8.04. The van der Waals surface area contributed by atoms with E-state index in [-0.39, 0.29) is 11.7 Å². The number of halogens is 1. The van der Waals surface area contributed by atoms with E-state index in [2.05, 4.69) is 15.3 Å². The van der Waals surface area contributed by atoms with Gasteiger partial charge in [-0.1, -0.05) is 24.3 Å². The molecule has 0 saturated carbocycles. The van der Waals surface area contributed by atoms with Gasteiger partial charge in [-0.3, -0.25) is 14.8 Å². The van der Waals surface area contributed by atoms with E-state index in [1.807, 2.05) is 30.3 Å². The van der Waals surface area contributed by atoms with Crippen molar-refractivity contribution in [1.29, 1.82) is 0 Å². The van der Waals surface area contributed by atoms with E-state index in [4.69, 9.17) is 0 Å². The molecule has 0 radical (unpaired) electrons. The van der Waals surface area contributed by atoms with Crippen molar-refractivity contribution < 1.29 is 9.18 Å². The van der Waals surface area contributed by atoms with Gasteiger partial charge in [-0.05, 0) is 47.9 Å². The molecule has 0 aliphatic rings. The molecule has 0 aliphatic heterocycles. The van der Waals surface area contributed by atoms with Gasteiger partial charge in [0.25, 0.3) is 0 Å². The van der Waals surface area contributed by atoms with Crippen molar-refractivity contribution in [2.45, 2.75) is 18.9 Å². The SMILES string of the molecule is O=C(NCc1ccccn1)C(Cc1cccnc1)c1ccc(F)cc1. The Bertz CT molecular complexity index is 807. The topological polar surface area (TPSA) is 54.9 Å². The number of carbonyl (C=O) groups is 1. The van der Waals surface area contributed by atoms with E-state index in [0.29, 0.717) is 13.0 Å². The van der Waals surface area contributed by atoms with Crippen molar-refractivity contribution in [2.24, 2.45) is 0 Å².